The lowest BCUT2D eigenvalue weighted by Crippen LogP contribution is -1.99. The summed E-state index contributed by atoms with van der Waals surface area (Å²) in [5, 5.41) is 2.17. The fraction of sp³-hybridized carbons (Fsp3) is 0.0526. The summed E-state index contributed by atoms with van der Waals surface area (Å²) in [6.07, 6.45) is 1.87. The predicted octanol–water partition coefficient (Wildman–Crippen LogP) is 10.2. The third-order valence-electron chi connectivity index (χ3n) is 7.36. The molecule has 0 saturated carbocycles. The molecule has 0 bridgehead atoms. The van der Waals surface area contributed by atoms with Crippen molar-refractivity contribution in [1.29, 1.82) is 0 Å². The highest BCUT2D eigenvalue weighted by Crippen LogP contribution is 2.38. The molecule has 0 aliphatic carbocycles. The van der Waals surface area contributed by atoms with E-state index in [1.807, 2.05) is 26.1 Å². The SMILES string of the molecule is C=C.CC.c1ccc(-c2ccccc2-n2c3cccnc3c3cc4c(nc32)c2ccccc2n4-c2ccccc2)cc1. The molecule has 0 N–H and O–H groups in total. The molecule has 0 fully saturated rings. The summed E-state index contributed by atoms with van der Waals surface area (Å²) in [6, 6.07) is 44.5. The summed E-state index contributed by atoms with van der Waals surface area (Å²) in [5.41, 5.74) is 10.6. The zero-order valence-electron chi connectivity index (χ0n) is 23.9. The first kappa shape index (κ1) is 26.7. The molecule has 4 nitrogen and oxygen atoms in total. The van der Waals surface area contributed by atoms with Crippen LogP contribution in [0.1, 0.15) is 13.8 Å². The summed E-state index contributed by atoms with van der Waals surface area (Å²) >= 11 is 0. The molecule has 0 unspecified atom stereocenters. The van der Waals surface area contributed by atoms with Gasteiger partial charge in [0.1, 0.15) is 5.65 Å². The Morgan fingerprint density at radius 3 is 1.98 bits per heavy atom. The van der Waals surface area contributed by atoms with Crippen molar-refractivity contribution < 1.29 is 0 Å². The Morgan fingerprint density at radius 1 is 0.548 bits per heavy atom. The first-order valence-electron chi connectivity index (χ1n) is 14.3. The molecule has 8 rings (SSSR count). The molecular formula is C38H32N4. The minimum Gasteiger partial charge on any atom is -0.308 e. The Hall–Kier alpha value is -5.48. The van der Waals surface area contributed by atoms with Gasteiger partial charge in [-0.25, -0.2) is 4.98 Å². The molecule has 0 spiro atoms. The Labute approximate surface area is 245 Å². The van der Waals surface area contributed by atoms with Crippen molar-refractivity contribution in [2.24, 2.45) is 0 Å². The first-order chi connectivity index (χ1) is 20.9. The minimum absolute atomic E-state index is 0.908. The van der Waals surface area contributed by atoms with E-state index in [1.165, 1.54) is 5.56 Å². The average Bonchev–Trinajstić information content (AvgIpc) is 3.58. The van der Waals surface area contributed by atoms with Gasteiger partial charge in [0.25, 0.3) is 0 Å². The lowest BCUT2D eigenvalue weighted by atomic mass is 10.0. The van der Waals surface area contributed by atoms with E-state index in [-0.39, 0.29) is 0 Å². The quantitative estimate of drug-likeness (QED) is 0.207. The molecule has 0 aliphatic heterocycles. The van der Waals surface area contributed by atoms with E-state index >= 15 is 0 Å². The van der Waals surface area contributed by atoms with E-state index in [1.54, 1.807) is 0 Å². The predicted molar refractivity (Wildman–Crippen MR) is 179 cm³/mol. The van der Waals surface area contributed by atoms with E-state index in [9.17, 15) is 0 Å². The normalized spacial score (nSPS) is 10.8. The van der Waals surface area contributed by atoms with Gasteiger partial charge >= 0.3 is 0 Å². The maximum atomic E-state index is 5.40. The molecule has 8 aromatic rings. The molecule has 4 heteroatoms. The number of hydrogen-bond acceptors (Lipinski definition) is 2. The van der Waals surface area contributed by atoms with Crippen molar-refractivity contribution in [3.05, 3.63) is 147 Å². The van der Waals surface area contributed by atoms with Gasteiger partial charge in [-0.2, -0.15) is 0 Å². The molecule has 204 valence electrons. The molecule has 42 heavy (non-hydrogen) atoms. The molecule has 4 aromatic carbocycles. The summed E-state index contributed by atoms with van der Waals surface area (Å²) < 4.78 is 4.58. The van der Waals surface area contributed by atoms with Crippen LogP contribution in [0.5, 0.6) is 0 Å². The lowest BCUT2D eigenvalue weighted by Gasteiger charge is -2.13. The molecular weight excluding hydrogens is 512 g/mol. The lowest BCUT2D eigenvalue weighted by molar-refractivity contribution is 1.14. The summed E-state index contributed by atoms with van der Waals surface area (Å²) in [6.45, 7) is 10.0. The van der Waals surface area contributed by atoms with E-state index in [0.29, 0.717) is 0 Å². The zero-order chi connectivity index (χ0) is 29.1. The van der Waals surface area contributed by atoms with Gasteiger partial charge in [0.05, 0.1) is 33.3 Å². The number of nitrogens with zero attached hydrogens (tertiary/aromatic N) is 4. The van der Waals surface area contributed by atoms with Gasteiger partial charge in [-0.1, -0.05) is 98.8 Å². The third-order valence-corrected chi connectivity index (χ3v) is 7.36. The van der Waals surface area contributed by atoms with Gasteiger partial charge in [0, 0.05) is 28.2 Å². The highest BCUT2D eigenvalue weighted by atomic mass is 15.1. The monoisotopic (exact) mass is 544 g/mol. The molecule has 0 amide bonds. The van der Waals surface area contributed by atoms with Crippen LogP contribution in [-0.4, -0.2) is 19.1 Å². The van der Waals surface area contributed by atoms with Gasteiger partial charge in [0.2, 0.25) is 0 Å². The minimum atomic E-state index is 0.908. The Bertz CT molecular complexity index is 2140. The van der Waals surface area contributed by atoms with Crippen molar-refractivity contribution in [2.45, 2.75) is 13.8 Å². The molecule has 0 atom stereocenters. The highest BCUT2D eigenvalue weighted by Gasteiger charge is 2.21. The van der Waals surface area contributed by atoms with Gasteiger partial charge in [0.15, 0.2) is 0 Å². The number of pyridine rings is 2. The van der Waals surface area contributed by atoms with E-state index in [4.69, 9.17) is 9.97 Å². The Kier molecular flexibility index (Phi) is 7.35. The summed E-state index contributed by atoms with van der Waals surface area (Å²) in [7, 11) is 0. The van der Waals surface area contributed by atoms with Gasteiger partial charge in [-0.15, -0.1) is 13.2 Å². The number of rotatable bonds is 3. The number of fused-ring (bicyclic) bond motifs is 6. The molecule has 0 saturated heterocycles. The van der Waals surface area contributed by atoms with E-state index in [2.05, 4.69) is 144 Å². The zero-order valence-corrected chi connectivity index (χ0v) is 23.9. The molecule has 0 aliphatic rings. The van der Waals surface area contributed by atoms with Gasteiger partial charge < -0.3 is 4.57 Å². The Balaban J connectivity index is 0.000000759. The van der Waals surface area contributed by atoms with Crippen LogP contribution in [0.25, 0.3) is 66.5 Å². The van der Waals surface area contributed by atoms with Crippen LogP contribution in [0.4, 0.5) is 0 Å². The maximum Gasteiger partial charge on any atom is 0.148 e. The second kappa shape index (κ2) is 11.6. The largest absolute Gasteiger partial charge is 0.308 e. The fourth-order valence-electron chi connectivity index (χ4n) is 5.73. The standard InChI is InChI=1S/C34H22N4.C2H6.C2H4/c1-3-12-23(13-4-1)25-16-7-9-18-28(25)38-30-20-11-21-35-32(30)27-22-31-33(36-34(27)38)26-17-8-10-19-29(26)37(31)24-14-5-2-6-15-24;2*1-2/h1-22H;1-2H3;1-2H2. The van der Waals surface area contributed by atoms with Crippen LogP contribution in [0, 0.1) is 0 Å². The van der Waals surface area contributed by atoms with Gasteiger partial charge in [-0.05, 0) is 48.0 Å². The van der Waals surface area contributed by atoms with Crippen molar-refractivity contribution in [1.82, 2.24) is 19.1 Å². The van der Waals surface area contributed by atoms with Crippen LogP contribution >= 0.6 is 0 Å². The smallest absolute Gasteiger partial charge is 0.148 e. The van der Waals surface area contributed by atoms with Crippen molar-refractivity contribution >= 4 is 44.0 Å². The Morgan fingerprint density at radius 2 is 1.19 bits per heavy atom. The number of aromatic nitrogens is 4. The second-order valence-electron chi connectivity index (χ2n) is 9.51. The number of benzene rings is 4. The second-order valence-corrected chi connectivity index (χ2v) is 9.51. The number of hydrogen-bond donors (Lipinski definition) is 0. The first-order valence-corrected chi connectivity index (χ1v) is 14.3. The van der Waals surface area contributed by atoms with Crippen LogP contribution < -0.4 is 0 Å². The van der Waals surface area contributed by atoms with Crippen LogP contribution in [-0.2, 0) is 0 Å². The van der Waals surface area contributed by atoms with Gasteiger partial charge in [-0.3, -0.25) is 9.55 Å². The number of para-hydroxylation sites is 3. The van der Waals surface area contributed by atoms with Crippen molar-refractivity contribution in [2.75, 3.05) is 0 Å². The fourth-order valence-corrected chi connectivity index (χ4v) is 5.73. The van der Waals surface area contributed by atoms with Crippen molar-refractivity contribution in [3.8, 4) is 22.5 Å². The van der Waals surface area contributed by atoms with Crippen LogP contribution in [0.3, 0.4) is 0 Å². The summed E-state index contributed by atoms with van der Waals surface area (Å²) in [5.74, 6) is 0. The third kappa shape index (κ3) is 4.25. The average molecular weight is 545 g/mol. The van der Waals surface area contributed by atoms with Crippen LogP contribution in [0.2, 0.25) is 0 Å². The molecule has 4 heterocycles. The van der Waals surface area contributed by atoms with E-state index < -0.39 is 0 Å². The van der Waals surface area contributed by atoms with Crippen molar-refractivity contribution in [3.63, 3.8) is 0 Å². The topological polar surface area (TPSA) is 35.6 Å². The molecule has 4 aromatic heterocycles. The summed E-state index contributed by atoms with van der Waals surface area (Å²) in [4.78, 5) is 10.3. The highest BCUT2D eigenvalue weighted by molar-refractivity contribution is 6.15. The maximum absolute atomic E-state index is 5.40. The van der Waals surface area contributed by atoms with E-state index in [0.717, 1.165) is 60.9 Å². The molecule has 0 radical (unpaired) electrons. The van der Waals surface area contributed by atoms with Crippen LogP contribution in [0.15, 0.2) is 147 Å².